The predicted molar refractivity (Wildman–Crippen MR) is 72.5 cm³/mol. The maximum atomic E-state index is 12.4. The van der Waals surface area contributed by atoms with Gasteiger partial charge in [0.2, 0.25) is 0 Å². The second-order valence-electron chi connectivity index (χ2n) is 4.86. The van der Waals surface area contributed by atoms with E-state index in [-0.39, 0.29) is 12.5 Å². The Labute approximate surface area is 113 Å². The molecule has 2 rings (SSSR count). The fraction of sp³-hybridized carbons (Fsp3) is 0.467. The number of aliphatic hydroxyl groups is 1. The van der Waals surface area contributed by atoms with Gasteiger partial charge in [0, 0.05) is 26.0 Å². The first kappa shape index (κ1) is 13.6. The molecule has 4 heteroatoms. The van der Waals surface area contributed by atoms with Crippen LogP contribution in [0, 0.1) is 17.8 Å². The third-order valence-corrected chi connectivity index (χ3v) is 3.46. The first-order chi connectivity index (χ1) is 9.22. The quantitative estimate of drug-likeness (QED) is 0.831. The Kier molecular flexibility index (Phi) is 4.53. The maximum Gasteiger partial charge on any atom is 0.254 e. The SMILES string of the molecule is CN(CC1CCC1)C(=O)c1ccncc1C#CCO. The molecule has 1 saturated carbocycles. The summed E-state index contributed by atoms with van der Waals surface area (Å²) in [4.78, 5) is 18.1. The smallest absolute Gasteiger partial charge is 0.254 e. The molecule has 0 aromatic carbocycles. The van der Waals surface area contributed by atoms with Crippen LogP contribution in [-0.2, 0) is 0 Å². The fourth-order valence-electron chi connectivity index (χ4n) is 2.17. The first-order valence-corrected chi connectivity index (χ1v) is 6.51. The second kappa shape index (κ2) is 6.35. The van der Waals surface area contributed by atoms with Crippen molar-refractivity contribution in [3.8, 4) is 11.8 Å². The molecule has 0 spiro atoms. The van der Waals surface area contributed by atoms with Crippen LogP contribution in [0.5, 0.6) is 0 Å². The molecule has 100 valence electrons. The summed E-state index contributed by atoms with van der Waals surface area (Å²) in [5, 5.41) is 8.74. The summed E-state index contributed by atoms with van der Waals surface area (Å²) >= 11 is 0. The number of amides is 1. The lowest BCUT2D eigenvalue weighted by Gasteiger charge is -2.30. The number of rotatable bonds is 3. The summed E-state index contributed by atoms with van der Waals surface area (Å²) < 4.78 is 0. The van der Waals surface area contributed by atoms with Crippen molar-refractivity contribution in [2.24, 2.45) is 5.92 Å². The third kappa shape index (κ3) is 3.33. The van der Waals surface area contributed by atoms with Crippen LogP contribution in [-0.4, -0.2) is 41.1 Å². The molecule has 1 aliphatic carbocycles. The lowest BCUT2D eigenvalue weighted by atomic mass is 9.85. The second-order valence-corrected chi connectivity index (χ2v) is 4.86. The summed E-state index contributed by atoms with van der Waals surface area (Å²) in [6.45, 7) is 0.578. The van der Waals surface area contributed by atoms with Gasteiger partial charge in [-0.25, -0.2) is 0 Å². The van der Waals surface area contributed by atoms with Crippen molar-refractivity contribution in [2.45, 2.75) is 19.3 Å². The van der Waals surface area contributed by atoms with Crippen LogP contribution in [0.15, 0.2) is 18.5 Å². The van der Waals surface area contributed by atoms with Gasteiger partial charge in [0.05, 0.1) is 11.1 Å². The monoisotopic (exact) mass is 258 g/mol. The lowest BCUT2D eigenvalue weighted by Crippen LogP contribution is -2.34. The van der Waals surface area contributed by atoms with E-state index in [0.29, 0.717) is 17.0 Å². The van der Waals surface area contributed by atoms with E-state index in [9.17, 15) is 4.79 Å². The van der Waals surface area contributed by atoms with Crippen LogP contribution in [0.4, 0.5) is 0 Å². The van der Waals surface area contributed by atoms with E-state index in [4.69, 9.17) is 5.11 Å². The lowest BCUT2D eigenvalue weighted by molar-refractivity contribution is 0.0745. The van der Waals surface area contributed by atoms with Crippen molar-refractivity contribution < 1.29 is 9.90 Å². The molecule has 1 heterocycles. The number of nitrogens with zero attached hydrogens (tertiary/aromatic N) is 2. The summed E-state index contributed by atoms with van der Waals surface area (Å²) in [6.07, 6.45) is 6.85. The van der Waals surface area contributed by atoms with Crippen LogP contribution in [0.3, 0.4) is 0 Å². The van der Waals surface area contributed by atoms with Gasteiger partial charge in [0.15, 0.2) is 0 Å². The summed E-state index contributed by atoms with van der Waals surface area (Å²) in [7, 11) is 1.82. The van der Waals surface area contributed by atoms with Gasteiger partial charge in [-0.05, 0) is 24.8 Å². The minimum atomic E-state index is -0.222. The standard InChI is InChI=1S/C15H18N2O2/c1-17(11-12-4-2-5-12)15(19)14-7-8-16-10-13(14)6-3-9-18/h7-8,10,12,18H,2,4-5,9,11H2,1H3. The molecular weight excluding hydrogens is 240 g/mol. The molecule has 1 aliphatic rings. The average Bonchev–Trinajstić information content (AvgIpc) is 2.39. The van der Waals surface area contributed by atoms with Gasteiger partial charge >= 0.3 is 0 Å². The topological polar surface area (TPSA) is 53.4 Å². The van der Waals surface area contributed by atoms with Crippen LogP contribution in [0.25, 0.3) is 0 Å². The molecule has 0 saturated heterocycles. The minimum absolute atomic E-state index is 0.0310. The summed E-state index contributed by atoms with van der Waals surface area (Å²) in [6, 6.07) is 1.68. The molecule has 1 aromatic rings. The van der Waals surface area contributed by atoms with E-state index in [1.54, 1.807) is 23.4 Å². The van der Waals surface area contributed by atoms with Gasteiger partial charge in [-0.1, -0.05) is 18.3 Å². The largest absolute Gasteiger partial charge is 0.384 e. The Morgan fingerprint density at radius 2 is 2.37 bits per heavy atom. The molecule has 0 bridgehead atoms. The average molecular weight is 258 g/mol. The van der Waals surface area contributed by atoms with Crippen molar-refractivity contribution in [3.05, 3.63) is 29.6 Å². The van der Waals surface area contributed by atoms with Crippen LogP contribution < -0.4 is 0 Å². The number of carbonyl (C=O) groups is 1. The molecule has 0 radical (unpaired) electrons. The number of pyridine rings is 1. The van der Waals surface area contributed by atoms with E-state index in [1.165, 1.54) is 19.3 Å². The molecular formula is C15H18N2O2. The maximum absolute atomic E-state index is 12.4. The van der Waals surface area contributed by atoms with Gasteiger partial charge in [-0.2, -0.15) is 0 Å². The van der Waals surface area contributed by atoms with E-state index in [0.717, 1.165) is 6.54 Å². The Hall–Kier alpha value is -1.86. The van der Waals surface area contributed by atoms with Crippen molar-refractivity contribution in [2.75, 3.05) is 20.2 Å². The summed E-state index contributed by atoms with van der Waals surface area (Å²) in [5.74, 6) is 5.94. The minimum Gasteiger partial charge on any atom is -0.384 e. The number of aromatic nitrogens is 1. The number of carbonyl (C=O) groups excluding carboxylic acids is 1. The highest BCUT2D eigenvalue weighted by Crippen LogP contribution is 2.27. The van der Waals surface area contributed by atoms with Gasteiger partial charge in [0.1, 0.15) is 6.61 Å². The van der Waals surface area contributed by atoms with E-state index in [2.05, 4.69) is 16.8 Å². The van der Waals surface area contributed by atoms with E-state index < -0.39 is 0 Å². The van der Waals surface area contributed by atoms with Crippen molar-refractivity contribution in [1.82, 2.24) is 9.88 Å². The summed E-state index contributed by atoms with van der Waals surface area (Å²) in [5.41, 5.74) is 1.12. The van der Waals surface area contributed by atoms with Gasteiger partial charge < -0.3 is 10.0 Å². The fourth-order valence-corrected chi connectivity index (χ4v) is 2.17. The van der Waals surface area contributed by atoms with Gasteiger partial charge in [-0.15, -0.1) is 0 Å². The Balaban J connectivity index is 2.13. The Morgan fingerprint density at radius 1 is 1.58 bits per heavy atom. The normalized spacial score (nSPS) is 14.2. The van der Waals surface area contributed by atoms with Crippen molar-refractivity contribution in [3.63, 3.8) is 0 Å². The molecule has 1 fully saturated rings. The highest BCUT2D eigenvalue weighted by molar-refractivity contribution is 5.96. The molecule has 0 atom stereocenters. The van der Waals surface area contributed by atoms with Gasteiger partial charge in [0.25, 0.3) is 5.91 Å². The number of aliphatic hydroxyl groups excluding tert-OH is 1. The van der Waals surface area contributed by atoms with Crippen LogP contribution in [0.2, 0.25) is 0 Å². The third-order valence-electron chi connectivity index (χ3n) is 3.46. The number of hydrogen-bond donors (Lipinski definition) is 1. The highest BCUT2D eigenvalue weighted by Gasteiger charge is 2.22. The van der Waals surface area contributed by atoms with E-state index in [1.807, 2.05) is 7.05 Å². The molecule has 19 heavy (non-hydrogen) atoms. The van der Waals surface area contributed by atoms with Crippen molar-refractivity contribution >= 4 is 5.91 Å². The molecule has 0 unspecified atom stereocenters. The molecule has 1 amide bonds. The Morgan fingerprint density at radius 3 is 3.00 bits per heavy atom. The number of hydrogen-bond acceptors (Lipinski definition) is 3. The molecule has 4 nitrogen and oxygen atoms in total. The van der Waals surface area contributed by atoms with Crippen LogP contribution in [0.1, 0.15) is 35.2 Å². The Bertz CT molecular complexity index is 512. The zero-order chi connectivity index (χ0) is 13.7. The first-order valence-electron chi connectivity index (χ1n) is 6.51. The highest BCUT2D eigenvalue weighted by atomic mass is 16.2. The molecule has 1 aromatic heterocycles. The van der Waals surface area contributed by atoms with Crippen LogP contribution >= 0.6 is 0 Å². The van der Waals surface area contributed by atoms with E-state index >= 15 is 0 Å². The predicted octanol–water partition coefficient (Wildman–Crippen LogP) is 1.30. The molecule has 0 aliphatic heterocycles. The molecule has 1 N–H and O–H groups in total. The zero-order valence-electron chi connectivity index (χ0n) is 11.1. The zero-order valence-corrected chi connectivity index (χ0v) is 11.1. The van der Waals surface area contributed by atoms with Gasteiger partial charge in [-0.3, -0.25) is 9.78 Å². The van der Waals surface area contributed by atoms with Crippen molar-refractivity contribution in [1.29, 1.82) is 0 Å².